The van der Waals surface area contributed by atoms with Crippen LogP contribution in [0.1, 0.15) is 0 Å². The molecular formula is C20H14ClN3O2S. The number of nitrogens with zero attached hydrogens (tertiary/aromatic N) is 2. The van der Waals surface area contributed by atoms with Crippen LogP contribution in [0.3, 0.4) is 0 Å². The number of aromatic nitrogens is 2. The van der Waals surface area contributed by atoms with Crippen LogP contribution in [0.25, 0.3) is 22.2 Å². The molecule has 5 nitrogen and oxygen atoms in total. The van der Waals surface area contributed by atoms with Crippen molar-refractivity contribution in [2.75, 3.05) is 11.9 Å². The molecule has 1 N–H and O–H groups in total. The molecule has 1 heterocycles. The minimum atomic E-state index is -0.293. The topological polar surface area (TPSA) is 64.1 Å². The third-order valence-electron chi connectivity index (χ3n) is 3.96. The van der Waals surface area contributed by atoms with E-state index in [0.717, 1.165) is 28.4 Å². The molecule has 0 saturated heterocycles. The summed E-state index contributed by atoms with van der Waals surface area (Å²) < 4.78 is 13.9. The van der Waals surface area contributed by atoms with Gasteiger partial charge in [0.2, 0.25) is 0 Å². The van der Waals surface area contributed by atoms with Gasteiger partial charge >= 0.3 is 0 Å². The third-order valence-corrected chi connectivity index (χ3v) is 4.80. The van der Waals surface area contributed by atoms with Crippen LogP contribution in [0.2, 0.25) is 5.02 Å². The first-order valence-electron chi connectivity index (χ1n) is 8.19. The Morgan fingerprint density at radius 3 is 2.67 bits per heavy atom. The average Bonchev–Trinajstić information content (AvgIpc) is 3.17. The number of halogens is 1. The maximum Gasteiger partial charge on any atom is 0.262 e. The summed E-state index contributed by atoms with van der Waals surface area (Å²) in [7, 11) is 0. The van der Waals surface area contributed by atoms with E-state index in [1.807, 2.05) is 54.6 Å². The SMILES string of the molecule is O=C(COc1ccc(-c2ccccc2)cc1Cl)Nc1cccc2nsnc12. The van der Waals surface area contributed by atoms with Gasteiger partial charge in [-0.25, -0.2) is 0 Å². The normalized spacial score (nSPS) is 10.7. The summed E-state index contributed by atoms with van der Waals surface area (Å²) in [4.78, 5) is 12.2. The Morgan fingerprint density at radius 1 is 1.00 bits per heavy atom. The van der Waals surface area contributed by atoms with Gasteiger partial charge in [-0.3, -0.25) is 4.79 Å². The quantitative estimate of drug-likeness (QED) is 0.514. The van der Waals surface area contributed by atoms with Gasteiger partial charge in [0.15, 0.2) is 6.61 Å². The molecule has 4 rings (SSSR count). The number of rotatable bonds is 5. The van der Waals surface area contributed by atoms with Crippen molar-refractivity contribution in [3.05, 3.63) is 71.8 Å². The van der Waals surface area contributed by atoms with Gasteiger partial charge in [-0.05, 0) is 35.4 Å². The summed E-state index contributed by atoms with van der Waals surface area (Å²) in [6, 6.07) is 20.9. The van der Waals surface area contributed by atoms with Crippen molar-refractivity contribution in [3.63, 3.8) is 0 Å². The number of benzene rings is 3. The van der Waals surface area contributed by atoms with Gasteiger partial charge in [-0.2, -0.15) is 8.75 Å². The lowest BCUT2D eigenvalue weighted by Crippen LogP contribution is -2.20. The molecule has 0 atom stereocenters. The van der Waals surface area contributed by atoms with Gasteiger partial charge in [-0.1, -0.05) is 54.1 Å². The van der Waals surface area contributed by atoms with Gasteiger partial charge in [0.1, 0.15) is 16.8 Å². The average molecular weight is 396 g/mol. The molecule has 0 spiro atoms. The van der Waals surface area contributed by atoms with Crippen molar-refractivity contribution in [1.82, 2.24) is 8.75 Å². The molecular weight excluding hydrogens is 382 g/mol. The first-order valence-corrected chi connectivity index (χ1v) is 9.30. The summed E-state index contributed by atoms with van der Waals surface area (Å²) in [5.41, 5.74) is 4.08. The van der Waals surface area contributed by atoms with Crippen LogP contribution < -0.4 is 10.1 Å². The number of hydrogen-bond donors (Lipinski definition) is 1. The van der Waals surface area contributed by atoms with E-state index < -0.39 is 0 Å². The predicted molar refractivity (Wildman–Crippen MR) is 108 cm³/mol. The third kappa shape index (κ3) is 3.92. The molecule has 0 aliphatic rings. The number of carbonyl (C=O) groups excluding carboxylic acids is 1. The molecule has 0 unspecified atom stereocenters. The second-order valence-corrected chi connectivity index (χ2v) is 6.72. The van der Waals surface area contributed by atoms with E-state index >= 15 is 0 Å². The Bertz CT molecular complexity index is 1100. The Hall–Kier alpha value is -2.96. The summed E-state index contributed by atoms with van der Waals surface area (Å²) in [5, 5.41) is 3.25. The van der Waals surface area contributed by atoms with Crippen LogP contribution >= 0.6 is 23.3 Å². The fourth-order valence-corrected chi connectivity index (χ4v) is 3.45. The van der Waals surface area contributed by atoms with Crippen LogP contribution in [-0.4, -0.2) is 21.3 Å². The van der Waals surface area contributed by atoms with Crippen molar-refractivity contribution in [2.24, 2.45) is 0 Å². The molecule has 27 heavy (non-hydrogen) atoms. The van der Waals surface area contributed by atoms with E-state index in [1.165, 1.54) is 0 Å². The molecule has 0 aliphatic heterocycles. The fraction of sp³-hybridized carbons (Fsp3) is 0.0500. The zero-order valence-electron chi connectivity index (χ0n) is 14.1. The van der Waals surface area contributed by atoms with Crippen LogP contribution in [0.15, 0.2) is 66.7 Å². The van der Waals surface area contributed by atoms with Crippen molar-refractivity contribution in [3.8, 4) is 16.9 Å². The van der Waals surface area contributed by atoms with E-state index in [-0.39, 0.29) is 12.5 Å². The highest BCUT2D eigenvalue weighted by molar-refractivity contribution is 7.00. The molecule has 134 valence electrons. The van der Waals surface area contributed by atoms with Crippen LogP contribution in [0, 0.1) is 0 Å². The second-order valence-electron chi connectivity index (χ2n) is 5.79. The Balaban J connectivity index is 1.42. The fourth-order valence-electron chi connectivity index (χ4n) is 2.66. The Kier molecular flexibility index (Phi) is 5.00. The summed E-state index contributed by atoms with van der Waals surface area (Å²) >= 11 is 7.42. The number of anilines is 1. The van der Waals surface area contributed by atoms with Gasteiger partial charge < -0.3 is 10.1 Å². The lowest BCUT2D eigenvalue weighted by Gasteiger charge is -2.10. The van der Waals surface area contributed by atoms with E-state index in [4.69, 9.17) is 16.3 Å². The van der Waals surface area contributed by atoms with Gasteiger partial charge in [0.25, 0.3) is 5.91 Å². The molecule has 4 aromatic rings. The number of ether oxygens (including phenoxy) is 1. The van der Waals surface area contributed by atoms with E-state index in [2.05, 4.69) is 14.1 Å². The summed E-state index contributed by atoms with van der Waals surface area (Å²) in [6.45, 7) is -0.154. The molecule has 1 amide bonds. The van der Waals surface area contributed by atoms with Crippen LogP contribution in [0.4, 0.5) is 5.69 Å². The molecule has 0 radical (unpaired) electrons. The summed E-state index contributed by atoms with van der Waals surface area (Å²) in [6.07, 6.45) is 0. The van der Waals surface area contributed by atoms with Crippen molar-refractivity contribution >= 4 is 46.0 Å². The molecule has 0 fully saturated rings. The highest BCUT2D eigenvalue weighted by Crippen LogP contribution is 2.30. The minimum Gasteiger partial charge on any atom is -0.482 e. The molecule has 1 aromatic heterocycles. The van der Waals surface area contributed by atoms with E-state index in [0.29, 0.717) is 22.0 Å². The van der Waals surface area contributed by atoms with Crippen molar-refractivity contribution in [2.45, 2.75) is 0 Å². The highest BCUT2D eigenvalue weighted by atomic mass is 35.5. The van der Waals surface area contributed by atoms with Crippen molar-refractivity contribution < 1.29 is 9.53 Å². The number of hydrogen-bond acceptors (Lipinski definition) is 5. The minimum absolute atomic E-state index is 0.154. The Morgan fingerprint density at radius 2 is 1.85 bits per heavy atom. The monoisotopic (exact) mass is 395 g/mol. The lowest BCUT2D eigenvalue weighted by atomic mass is 10.1. The smallest absolute Gasteiger partial charge is 0.262 e. The number of nitrogens with one attached hydrogen (secondary N) is 1. The summed E-state index contributed by atoms with van der Waals surface area (Å²) in [5.74, 6) is 0.165. The highest BCUT2D eigenvalue weighted by Gasteiger charge is 2.11. The zero-order chi connectivity index (χ0) is 18.6. The number of fused-ring (bicyclic) bond motifs is 1. The largest absolute Gasteiger partial charge is 0.482 e. The zero-order valence-corrected chi connectivity index (χ0v) is 15.6. The second kappa shape index (κ2) is 7.73. The molecule has 0 bridgehead atoms. The maximum atomic E-state index is 12.2. The first-order chi connectivity index (χ1) is 13.2. The predicted octanol–water partition coefficient (Wildman–Crippen LogP) is 5.03. The van der Waals surface area contributed by atoms with Crippen molar-refractivity contribution in [1.29, 1.82) is 0 Å². The number of amides is 1. The van der Waals surface area contributed by atoms with Crippen LogP contribution in [0.5, 0.6) is 5.75 Å². The van der Waals surface area contributed by atoms with E-state index in [1.54, 1.807) is 12.1 Å². The maximum absolute atomic E-state index is 12.2. The van der Waals surface area contributed by atoms with Gasteiger partial charge in [0, 0.05) is 0 Å². The Labute approximate surface area is 164 Å². The van der Waals surface area contributed by atoms with Gasteiger partial charge in [-0.15, -0.1) is 0 Å². The lowest BCUT2D eigenvalue weighted by molar-refractivity contribution is -0.118. The first kappa shape index (κ1) is 17.5. The molecule has 0 aliphatic carbocycles. The molecule has 3 aromatic carbocycles. The standard InChI is InChI=1S/C20H14ClN3O2S/c21-15-11-14(13-5-2-1-3-6-13)9-10-18(15)26-12-19(25)22-16-7-4-8-17-20(16)24-27-23-17/h1-11H,12H2,(H,22,25). The number of carbonyl (C=O) groups is 1. The molecule has 7 heteroatoms. The van der Waals surface area contributed by atoms with Gasteiger partial charge in [0.05, 0.1) is 22.4 Å². The van der Waals surface area contributed by atoms with Crippen LogP contribution in [-0.2, 0) is 4.79 Å². The molecule has 0 saturated carbocycles. The van der Waals surface area contributed by atoms with E-state index in [9.17, 15) is 4.79 Å².